The fourth-order valence-electron chi connectivity index (χ4n) is 13.1. The zero-order valence-electron chi connectivity index (χ0n) is 42.6. The van der Waals surface area contributed by atoms with Crippen molar-refractivity contribution in [1.29, 1.82) is 0 Å². The number of unbranched alkanes of at least 4 members (excludes halogenated alkanes) is 15. The van der Waals surface area contributed by atoms with Crippen LogP contribution in [0.15, 0.2) is 36.0 Å². The lowest BCUT2D eigenvalue weighted by atomic mass is 9.47. The molecule has 0 aromatic rings. The molecule has 3 N–H and O–H groups in total. The molecule has 0 radical (unpaired) electrons. The number of aliphatic hydroxyl groups is 1. The highest BCUT2D eigenvalue weighted by Gasteiger charge is 2.59. The minimum atomic E-state index is -0.809. The van der Waals surface area contributed by atoms with Gasteiger partial charge in [-0.25, -0.2) is 0 Å². The molecule has 63 heavy (non-hydrogen) atoms. The number of hydrogen-bond donors (Lipinski definition) is 2. The first kappa shape index (κ1) is 54.6. The Morgan fingerprint density at radius 1 is 0.698 bits per heavy atom. The van der Waals surface area contributed by atoms with E-state index in [1.807, 2.05) is 0 Å². The molecule has 4 rings (SSSR count). The highest BCUT2D eigenvalue weighted by Crippen LogP contribution is 2.67. The molecule has 3 fully saturated rings. The van der Waals surface area contributed by atoms with Gasteiger partial charge in [0.15, 0.2) is 0 Å². The first-order valence-corrected chi connectivity index (χ1v) is 27.7. The van der Waals surface area contributed by atoms with Gasteiger partial charge in [-0.2, -0.15) is 0 Å². The summed E-state index contributed by atoms with van der Waals surface area (Å²) >= 11 is 0. The predicted octanol–water partition coefficient (Wildman–Crippen LogP) is 15.7. The van der Waals surface area contributed by atoms with Crippen molar-refractivity contribution in [2.45, 2.75) is 246 Å². The molecule has 4 unspecified atom stereocenters. The standard InChI is InChI=1S/C58H105NO4/c1-7-8-9-10-11-12-13-14-15-16-17-18-19-21-24-27-41-61-46-58(59,45-60)47-62-42-28-25-22-20-23-26-29-43-63-51-37-39-56(5)50(44-51)33-34-52-54-36-35-53(49(4)32-30-31-48(2)3)57(54,6)40-38-55(52)56/h11-12,14-15,33,48-49,51-55,60H,7-10,13,16-32,34-47,59H2,1-6H3/b12-11?,15-14-/t49-,51+,52?,53-,54?,55?,56+,57-,58?/m1/s1. The Bertz CT molecular complexity index is 1280. The second kappa shape index (κ2) is 30.4. The van der Waals surface area contributed by atoms with Gasteiger partial charge in [-0.15, -0.1) is 0 Å². The zero-order valence-corrected chi connectivity index (χ0v) is 42.6. The SMILES string of the molecule is CCCCCC=CC/C=C\CCCCCCCCOCC(N)(CO)COCCCCCCCCCO[C@H]1CC[C@@]2(C)C(=CCC3C2CC[C@@]2(C)C3CC[C@@H]2[C@H](C)CCCC(C)C)C1. The predicted molar refractivity (Wildman–Crippen MR) is 270 cm³/mol. The number of ether oxygens (including phenoxy) is 3. The average molecular weight is 880 g/mol. The van der Waals surface area contributed by atoms with Gasteiger partial charge in [-0.3, -0.25) is 0 Å². The quantitative estimate of drug-likeness (QED) is 0.0484. The molecule has 0 aliphatic heterocycles. The van der Waals surface area contributed by atoms with Gasteiger partial charge in [-0.05, 0) is 149 Å². The van der Waals surface area contributed by atoms with Gasteiger partial charge in [-0.1, -0.05) is 167 Å². The molecule has 5 nitrogen and oxygen atoms in total. The van der Waals surface area contributed by atoms with Crippen molar-refractivity contribution in [3.05, 3.63) is 36.0 Å². The maximum absolute atomic E-state index is 9.93. The Labute approximate surface area is 391 Å². The summed E-state index contributed by atoms with van der Waals surface area (Å²) in [5, 5.41) is 9.93. The van der Waals surface area contributed by atoms with Gasteiger partial charge in [0.25, 0.3) is 0 Å². The van der Waals surface area contributed by atoms with Crippen LogP contribution in [0.2, 0.25) is 0 Å². The van der Waals surface area contributed by atoms with Crippen LogP contribution in [0, 0.1) is 46.3 Å². The van der Waals surface area contributed by atoms with Gasteiger partial charge >= 0.3 is 0 Å². The smallest absolute Gasteiger partial charge is 0.0862 e. The van der Waals surface area contributed by atoms with Crippen molar-refractivity contribution in [3.63, 3.8) is 0 Å². The van der Waals surface area contributed by atoms with E-state index in [9.17, 15) is 5.11 Å². The van der Waals surface area contributed by atoms with E-state index in [1.54, 1.807) is 5.57 Å². The summed E-state index contributed by atoms with van der Waals surface area (Å²) < 4.78 is 18.4. The van der Waals surface area contributed by atoms with Crippen molar-refractivity contribution in [2.75, 3.05) is 39.6 Å². The van der Waals surface area contributed by atoms with Crippen molar-refractivity contribution in [3.8, 4) is 0 Å². The van der Waals surface area contributed by atoms with Gasteiger partial charge in [0.05, 0.1) is 31.5 Å². The van der Waals surface area contributed by atoms with Gasteiger partial charge in [0.2, 0.25) is 0 Å². The highest BCUT2D eigenvalue weighted by atomic mass is 16.5. The van der Waals surface area contributed by atoms with E-state index < -0.39 is 5.54 Å². The molecule has 4 aliphatic carbocycles. The van der Waals surface area contributed by atoms with E-state index in [-0.39, 0.29) is 6.61 Å². The molecule has 0 aromatic carbocycles. The van der Waals surface area contributed by atoms with E-state index in [0.29, 0.717) is 43.4 Å². The summed E-state index contributed by atoms with van der Waals surface area (Å²) in [7, 11) is 0. The highest BCUT2D eigenvalue weighted by molar-refractivity contribution is 5.25. The van der Waals surface area contributed by atoms with E-state index in [1.165, 1.54) is 173 Å². The van der Waals surface area contributed by atoms with E-state index in [4.69, 9.17) is 19.9 Å². The zero-order chi connectivity index (χ0) is 45.2. The summed E-state index contributed by atoms with van der Waals surface area (Å²) in [4.78, 5) is 0. The first-order valence-electron chi connectivity index (χ1n) is 27.7. The Balaban J connectivity index is 0.946. The summed E-state index contributed by atoms with van der Waals surface area (Å²) in [5.41, 5.74) is 8.37. The fourth-order valence-corrected chi connectivity index (χ4v) is 13.1. The van der Waals surface area contributed by atoms with Crippen LogP contribution in [0.5, 0.6) is 0 Å². The lowest BCUT2D eigenvalue weighted by Crippen LogP contribution is -2.52. The van der Waals surface area contributed by atoms with Gasteiger partial charge in [0.1, 0.15) is 0 Å². The van der Waals surface area contributed by atoms with Gasteiger partial charge in [0, 0.05) is 19.8 Å². The van der Waals surface area contributed by atoms with Crippen molar-refractivity contribution in [2.24, 2.45) is 52.1 Å². The van der Waals surface area contributed by atoms with Crippen molar-refractivity contribution in [1.82, 2.24) is 0 Å². The summed E-state index contributed by atoms with van der Waals surface area (Å²) in [6.45, 7) is 18.0. The van der Waals surface area contributed by atoms with Crippen LogP contribution in [0.3, 0.4) is 0 Å². The molecule has 0 heterocycles. The second-order valence-corrected chi connectivity index (χ2v) is 22.7. The maximum Gasteiger partial charge on any atom is 0.0862 e. The molecule has 3 saturated carbocycles. The van der Waals surface area contributed by atoms with Crippen LogP contribution in [-0.2, 0) is 14.2 Å². The lowest BCUT2D eigenvalue weighted by molar-refractivity contribution is -0.0641. The third kappa shape index (κ3) is 18.6. The number of hydrogen-bond acceptors (Lipinski definition) is 5. The Hall–Kier alpha value is -0.980. The first-order chi connectivity index (χ1) is 30.6. The van der Waals surface area contributed by atoms with Crippen LogP contribution >= 0.6 is 0 Å². The Kier molecular flexibility index (Phi) is 26.4. The molecule has 0 amide bonds. The van der Waals surface area contributed by atoms with E-state index >= 15 is 0 Å². The van der Waals surface area contributed by atoms with Crippen LogP contribution in [-0.4, -0.2) is 56.4 Å². The van der Waals surface area contributed by atoms with E-state index in [0.717, 1.165) is 61.4 Å². The normalized spacial score (nSPS) is 28.7. The third-order valence-corrected chi connectivity index (χ3v) is 17.1. The number of aliphatic hydroxyl groups excluding tert-OH is 1. The minimum Gasteiger partial charge on any atom is -0.394 e. The summed E-state index contributed by atoms with van der Waals surface area (Å²) in [6.07, 6.45) is 51.2. The molecule has 0 spiro atoms. The molecule has 0 saturated heterocycles. The monoisotopic (exact) mass is 880 g/mol. The number of nitrogens with two attached hydrogens (primary N) is 1. The second-order valence-electron chi connectivity index (χ2n) is 22.7. The summed E-state index contributed by atoms with van der Waals surface area (Å²) in [5.74, 6) is 5.44. The molecule has 0 aromatic heterocycles. The topological polar surface area (TPSA) is 73.9 Å². The van der Waals surface area contributed by atoms with Crippen LogP contribution in [0.25, 0.3) is 0 Å². The number of rotatable bonds is 36. The molecule has 4 aliphatic rings. The molecule has 5 heteroatoms. The summed E-state index contributed by atoms with van der Waals surface area (Å²) in [6, 6.07) is 0. The van der Waals surface area contributed by atoms with Crippen LogP contribution in [0.1, 0.15) is 234 Å². The van der Waals surface area contributed by atoms with Crippen LogP contribution < -0.4 is 5.73 Å². The van der Waals surface area contributed by atoms with Crippen LogP contribution in [0.4, 0.5) is 0 Å². The van der Waals surface area contributed by atoms with Crippen molar-refractivity contribution >= 4 is 0 Å². The molecular formula is C58H105NO4. The number of fused-ring (bicyclic) bond motifs is 5. The molecule has 366 valence electrons. The maximum atomic E-state index is 9.93. The fraction of sp³-hybridized carbons (Fsp3) is 0.897. The van der Waals surface area contributed by atoms with Gasteiger partial charge < -0.3 is 25.1 Å². The third-order valence-electron chi connectivity index (χ3n) is 17.1. The Morgan fingerprint density at radius 2 is 1.30 bits per heavy atom. The average Bonchev–Trinajstić information content (AvgIpc) is 3.63. The molecular weight excluding hydrogens is 775 g/mol. The molecule has 9 atom stereocenters. The lowest BCUT2D eigenvalue weighted by Gasteiger charge is -2.58. The largest absolute Gasteiger partial charge is 0.394 e. The molecule has 0 bridgehead atoms. The van der Waals surface area contributed by atoms with Crippen molar-refractivity contribution < 1.29 is 19.3 Å². The Morgan fingerprint density at radius 3 is 1.92 bits per heavy atom. The minimum absolute atomic E-state index is 0.113. The van der Waals surface area contributed by atoms with E-state index in [2.05, 4.69) is 71.9 Å². The number of allylic oxidation sites excluding steroid dienone is 5.